The van der Waals surface area contributed by atoms with Crippen molar-refractivity contribution in [1.29, 1.82) is 0 Å². The maximum absolute atomic E-state index is 11.9. The number of hydrogen-bond donors (Lipinski definition) is 1. The van der Waals surface area contributed by atoms with Crippen LogP contribution in [0.4, 0.5) is 0 Å². The minimum absolute atomic E-state index is 0.0651. The zero-order valence-electron chi connectivity index (χ0n) is 15.7. The normalized spacial score (nSPS) is 12.7. The van der Waals surface area contributed by atoms with Crippen molar-refractivity contribution in [2.24, 2.45) is 5.10 Å². The van der Waals surface area contributed by atoms with Crippen molar-refractivity contribution in [2.45, 2.75) is 33.1 Å². The third-order valence-electron chi connectivity index (χ3n) is 4.29. The van der Waals surface area contributed by atoms with Gasteiger partial charge in [0.25, 0.3) is 5.91 Å². The van der Waals surface area contributed by atoms with Gasteiger partial charge in [0.15, 0.2) is 18.1 Å². The fourth-order valence-corrected chi connectivity index (χ4v) is 2.64. The van der Waals surface area contributed by atoms with E-state index in [1.807, 2.05) is 49.4 Å². The van der Waals surface area contributed by atoms with Crippen LogP contribution in [-0.4, -0.2) is 25.0 Å². The highest BCUT2D eigenvalue weighted by atomic mass is 16.7. The number of nitrogens with zero attached hydrogens (tertiary/aromatic N) is 1. The summed E-state index contributed by atoms with van der Waals surface area (Å²) in [6.45, 7) is 4.19. The minimum Gasteiger partial charge on any atom is -0.484 e. The largest absolute Gasteiger partial charge is 0.484 e. The maximum Gasteiger partial charge on any atom is 0.277 e. The molecule has 0 aromatic heterocycles. The quantitative estimate of drug-likeness (QED) is 0.572. The first-order valence-corrected chi connectivity index (χ1v) is 9.06. The van der Waals surface area contributed by atoms with Crippen molar-refractivity contribution in [1.82, 2.24) is 5.43 Å². The van der Waals surface area contributed by atoms with Gasteiger partial charge in [-0.1, -0.05) is 25.1 Å². The highest BCUT2D eigenvalue weighted by molar-refractivity contribution is 5.85. The average Bonchev–Trinajstić information content (AvgIpc) is 3.17. The average molecular weight is 368 g/mol. The Kier molecular flexibility index (Phi) is 6.30. The van der Waals surface area contributed by atoms with Gasteiger partial charge in [-0.05, 0) is 61.6 Å². The van der Waals surface area contributed by atoms with Gasteiger partial charge in [-0.15, -0.1) is 0 Å². The number of benzene rings is 2. The predicted octanol–water partition coefficient (Wildman–Crippen LogP) is 3.48. The van der Waals surface area contributed by atoms with E-state index < -0.39 is 0 Å². The number of rotatable bonds is 8. The lowest BCUT2D eigenvalue weighted by Crippen LogP contribution is -2.25. The number of nitrogens with one attached hydrogen (secondary N) is 1. The number of hydrogen-bond acceptors (Lipinski definition) is 5. The van der Waals surface area contributed by atoms with E-state index in [9.17, 15) is 4.79 Å². The number of amides is 1. The maximum atomic E-state index is 11.9. The Morgan fingerprint density at radius 1 is 1.11 bits per heavy atom. The monoisotopic (exact) mass is 368 g/mol. The van der Waals surface area contributed by atoms with E-state index in [4.69, 9.17) is 14.2 Å². The van der Waals surface area contributed by atoms with E-state index in [0.717, 1.165) is 42.0 Å². The van der Waals surface area contributed by atoms with Crippen molar-refractivity contribution in [3.63, 3.8) is 0 Å². The van der Waals surface area contributed by atoms with Crippen LogP contribution >= 0.6 is 0 Å². The molecule has 142 valence electrons. The number of carbonyl (C=O) groups excluding carboxylic acids is 1. The minimum atomic E-state index is -0.281. The lowest BCUT2D eigenvalue weighted by atomic mass is 10.1. The second kappa shape index (κ2) is 9.07. The van der Waals surface area contributed by atoms with Crippen molar-refractivity contribution >= 4 is 11.6 Å². The van der Waals surface area contributed by atoms with Gasteiger partial charge < -0.3 is 14.2 Å². The molecule has 1 N–H and O–H groups in total. The third-order valence-corrected chi connectivity index (χ3v) is 4.29. The van der Waals surface area contributed by atoms with E-state index >= 15 is 0 Å². The van der Waals surface area contributed by atoms with Crippen LogP contribution in [0.3, 0.4) is 0 Å². The fourth-order valence-electron chi connectivity index (χ4n) is 2.64. The summed E-state index contributed by atoms with van der Waals surface area (Å²) in [5.41, 5.74) is 5.74. The molecule has 6 heteroatoms. The molecule has 1 aliphatic heterocycles. The van der Waals surface area contributed by atoms with Crippen molar-refractivity contribution < 1.29 is 19.0 Å². The molecule has 6 nitrogen and oxygen atoms in total. The highest BCUT2D eigenvalue weighted by Crippen LogP contribution is 2.32. The van der Waals surface area contributed by atoms with Gasteiger partial charge in [0, 0.05) is 5.71 Å². The third kappa shape index (κ3) is 5.48. The van der Waals surface area contributed by atoms with Crippen LogP contribution < -0.4 is 19.6 Å². The summed E-state index contributed by atoms with van der Waals surface area (Å²) in [7, 11) is 0. The molecular weight excluding hydrogens is 344 g/mol. The molecule has 1 heterocycles. The number of ether oxygens (including phenoxy) is 3. The Morgan fingerprint density at radius 3 is 2.63 bits per heavy atom. The lowest BCUT2D eigenvalue weighted by molar-refractivity contribution is -0.123. The van der Waals surface area contributed by atoms with Gasteiger partial charge in [0.05, 0.1) is 0 Å². The van der Waals surface area contributed by atoms with Gasteiger partial charge in [0.2, 0.25) is 6.79 Å². The summed E-state index contributed by atoms with van der Waals surface area (Å²) in [4.78, 5) is 11.9. The van der Waals surface area contributed by atoms with Crippen molar-refractivity contribution in [3.05, 3.63) is 53.6 Å². The smallest absolute Gasteiger partial charge is 0.277 e. The first-order chi connectivity index (χ1) is 13.1. The second-order valence-electron chi connectivity index (χ2n) is 6.36. The second-order valence-corrected chi connectivity index (χ2v) is 6.36. The molecule has 1 amide bonds. The molecule has 2 aromatic carbocycles. The number of fused-ring (bicyclic) bond motifs is 1. The summed E-state index contributed by atoms with van der Waals surface area (Å²) in [6, 6.07) is 13.6. The van der Waals surface area contributed by atoms with Crippen LogP contribution in [0.1, 0.15) is 31.4 Å². The first kappa shape index (κ1) is 18.8. The van der Waals surface area contributed by atoms with Crippen molar-refractivity contribution in [3.8, 4) is 17.2 Å². The molecule has 0 saturated carbocycles. The molecule has 2 aromatic rings. The highest BCUT2D eigenvalue weighted by Gasteiger charge is 2.13. The van der Waals surface area contributed by atoms with Gasteiger partial charge in [0.1, 0.15) is 5.75 Å². The molecule has 0 radical (unpaired) electrons. The van der Waals surface area contributed by atoms with Crippen LogP contribution in [0.2, 0.25) is 0 Å². The summed E-state index contributed by atoms with van der Waals surface area (Å²) in [5, 5.41) is 4.13. The molecule has 1 aliphatic rings. The van der Waals surface area contributed by atoms with Crippen molar-refractivity contribution in [2.75, 3.05) is 13.4 Å². The van der Waals surface area contributed by atoms with E-state index in [0.29, 0.717) is 5.75 Å². The number of aryl methyl sites for hydroxylation is 2. The number of carbonyl (C=O) groups is 1. The van der Waals surface area contributed by atoms with Gasteiger partial charge >= 0.3 is 0 Å². The van der Waals surface area contributed by atoms with E-state index in [1.54, 1.807) is 0 Å². The lowest BCUT2D eigenvalue weighted by Gasteiger charge is -2.07. The standard InChI is InChI=1S/C21H24N2O4/c1-3-16-6-9-18(10-7-16)25-13-21(24)23-22-15(2)4-5-17-8-11-19-20(12-17)27-14-26-19/h6-12H,3-5,13-14H2,1-2H3,(H,23,24)/b22-15+. The van der Waals surface area contributed by atoms with Crippen LogP contribution in [0, 0.1) is 0 Å². The van der Waals surface area contributed by atoms with Crippen LogP contribution in [0.5, 0.6) is 17.2 Å². The fraction of sp³-hybridized carbons (Fsp3) is 0.333. The number of hydrazone groups is 1. The molecular formula is C21H24N2O4. The topological polar surface area (TPSA) is 69.2 Å². The molecule has 0 unspecified atom stereocenters. The Morgan fingerprint density at radius 2 is 1.85 bits per heavy atom. The van der Waals surface area contributed by atoms with Crippen LogP contribution in [-0.2, 0) is 17.6 Å². The zero-order valence-corrected chi connectivity index (χ0v) is 15.7. The van der Waals surface area contributed by atoms with Crippen LogP contribution in [0.25, 0.3) is 0 Å². The molecule has 0 spiro atoms. The Balaban J connectivity index is 1.40. The molecule has 0 atom stereocenters. The Bertz CT molecular complexity index is 815. The molecule has 3 rings (SSSR count). The van der Waals surface area contributed by atoms with Crippen LogP contribution in [0.15, 0.2) is 47.6 Å². The van der Waals surface area contributed by atoms with E-state index in [2.05, 4.69) is 17.5 Å². The molecule has 27 heavy (non-hydrogen) atoms. The summed E-state index contributed by atoms with van der Waals surface area (Å²) in [6.07, 6.45) is 2.52. The van der Waals surface area contributed by atoms with E-state index in [1.165, 1.54) is 5.56 Å². The predicted molar refractivity (Wildman–Crippen MR) is 103 cm³/mol. The first-order valence-electron chi connectivity index (χ1n) is 9.06. The SMILES string of the molecule is CCc1ccc(OCC(=O)N/N=C(\C)CCc2ccc3c(c2)OCO3)cc1. The Labute approximate surface area is 159 Å². The molecule has 0 fully saturated rings. The zero-order chi connectivity index (χ0) is 19.1. The van der Waals surface area contributed by atoms with Gasteiger partial charge in [-0.3, -0.25) is 4.79 Å². The molecule has 0 aliphatic carbocycles. The van der Waals surface area contributed by atoms with Gasteiger partial charge in [-0.2, -0.15) is 5.10 Å². The molecule has 0 saturated heterocycles. The summed E-state index contributed by atoms with van der Waals surface area (Å²) >= 11 is 0. The van der Waals surface area contributed by atoms with Gasteiger partial charge in [-0.25, -0.2) is 5.43 Å². The van der Waals surface area contributed by atoms with E-state index in [-0.39, 0.29) is 19.3 Å². The summed E-state index contributed by atoms with van der Waals surface area (Å²) < 4.78 is 16.1. The molecule has 0 bridgehead atoms. The summed E-state index contributed by atoms with van der Waals surface area (Å²) in [5.74, 6) is 1.95. The Hall–Kier alpha value is -3.02.